The number of rotatable bonds is 8. The zero-order valence-corrected chi connectivity index (χ0v) is 16.0. The highest BCUT2D eigenvalue weighted by Gasteiger charge is 2.51. The fourth-order valence-corrected chi connectivity index (χ4v) is 3.12. The molecule has 0 spiro atoms. The van der Waals surface area contributed by atoms with Gasteiger partial charge in [-0.1, -0.05) is 31.6 Å². The number of benzene rings is 1. The van der Waals surface area contributed by atoms with Gasteiger partial charge in [0.25, 0.3) is 0 Å². The van der Waals surface area contributed by atoms with Crippen LogP contribution in [0.4, 0.5) is 0 Å². The van der Waals surface area contributed by atoms with Gasteiger partial charge in [-0.25, -0.2) is 0 Å². The summed E-state index contributed by atoms with van der Waals surface area (Å²) >= 11 is 0. The van der Waals surface area contributed by atoms with Crippen molar-refractivity contribution in [3.05, 3.63) is 29.8 Å². The monoisotopic (exact) mass is 359 g/mol. The molecule has 1 aliphatic rings. The minimum Gasteiger partial charge on any atom is -0.494 e. The van der Waals surface area contributed by atoms with Crippen molar-refractivity contribution in [2.24, 2.45) is 5.73 Å². The Balaban J connectivity index is 1.93. The number of hydrogen-bond acceptors (Lipinski definition) is 5. The maximum absolute atomic E-state index is 10.5. The summed E-state index contributed by atoms with van der Waals surface area (Å²) in [5.74, 6) is 6.55. The minimum absolute atomic E-state index is 0.0911. The highest BCUT2D eigenvalue weighted by Crippen LogP contribution is 2.35. The summed E-state index contributed by atoms with van der Waals surface area (Å²) < 4.78 is 17.0. The zero-order chi connectivity index (χ0) is 19.0. The molecule has 1 saturated heterocycles. The quantitative estimate of drug-likeness (QED) is 0.323. The highest BCUT2D eigenvalue weighted by atomic mass is 16.5. The fraction of sp³-hybridized carbons (Fsp3) is 0.600. The number of aliphatic hydroxyl groups is 1. The number of hydrogen-bond donors (Lipinski definition) is 2. The summed E-state index contributed by atoms with van der Waals surface area (Å²) in [5, 5.41) is 10.5. The second-order valence-electron chi connectivity index (χ2n) is 7.13. The smallest absolute Gasteiger partial charge is 0.335 e. The Morgan fingerprint density at radius 2 is 2.08 bits per heavy atom. The summed E-state index contributed by atoms with van der Waals surface area (Å²) in [5.41, 5.74) is 5.87. The predicted octanol–water partition coefficient (Wildman–Crippen LogP) is 2.61. The van der Waals surface area contributed by atoms with Crippen LogP contribution >= 0.6 is 0 Å². The first-order chi connectivity index (χ1) is 12.5. The number of aliphatic hydroxyl groups excluding tert-OH is 1. The van der Waals surface area contributed by atoms with Crippen molar-refractivity contribution in [3.8, 4) is 17.6 Å². The normalized spacial score (nSPS) is 19.7. The molecule has 5 nitrogen and oxygen atoms in total. The molecule has 0 radical (unpaired) electrons. The lowest BCUT2D eigenvalue weighted by Gasteiger charge is -2.25. The summed E-state index contributed by atoms with van der Waals surface area (Å²) in [6.45, 7) is 6.99. The van der Waals surface area contributed by atoms with Crippen molar-refractivity contribution in [1.82, 2.24) is 0 Å². The third-order valence-corrected chi connectivity index (χ3v) is 4.64. The molecule has 0 aromatic heterocycles. The molecule has 0 unspecified atom stereocenters. The molecule has 0 bridgehead atoms. The van der Waals surface area contributed by atoms with E-state index in [2.05, 4.69) is 18.8 Å². The topological polar surface area (TPSA) is 73.9 Å². The maximum Gasteiger partial charge on any atom is 0.335 e. The van der Waals surface area contributed by atoms with Crippen LogP contribution in [0.15, 0.2) is 24.3 Å². The molecule has 1 fully saturated rings. The van der Waals surface area contributed by atoms with Crippen molar-refractivity contribution >= 4 is 6.92 Å². The lowest BCUT2D eigenvalue weighted by Crippen LogP contribution is -2.45. The van der Waals surface area contributed by atoms with Crippen molar-refractivity contribution < 1.29 is 19.2 Å². The average molecular weight is 359 g/mol. The molecule has 0 saturated carbocycles. The molecule has 1 aliphatic heterocycles. The van der Waals surface area contributed by atoms with Gasteiger partial charge in [-0.2, -0.15) is 0 Å². The molecule has 0 amide bonds. The van der Waals surface area contributed by atoms with Crippen LogP contribution < -0.4 is 10.5 Å². The van der Waals surface area contributed by atoms with Gasteiger partial charge in [0.05, 0.1) is 18.8 Å². The standard InChI is InChI=1S/C20H30BNO4/c1-4-5-6-13-24-17-10-7-16(8-11-17)9-12-19(23)18-14-25-20(2,3)21(18)26-15-22/h7-8,10-11,18-19,23H,4-6,13-15,22H2,1-3H3/t18-,19+/m1/s1. The van der Waals surface area contributed by atoms with Crippen molar-refractivity contribution in [1.29, 1.82) is 0 Å². The van der Waals surface area contributed by atoms with Crippen LogP contribution in [0.25, 0.3) is 0 Å². The lowest BCUT2D eigenvalue weighted by molar-refractivity contribution is 0.0531. The summed E-state index contributed by atoms with van der Waals surface area (Å²) in [6.07, 6.45) is 2.59. The third kappa shape index (κ3) is 5.75. The van der Waals surface area contributed by atoms with Gasteiger partial charge in [0.1, 0.15) is 11.9 Å². The van der Waals surface area contributed by atoms with E-state index in [1.54, 1.807) is 0 Å². The molecule has 1 aromatic carbocycles. The van der Waals surface area contributed by atoms with Gasteiger partial charge < -0.3 is 25.0 Å². The van der Waals surface area contributed by atoms with E-state index in [1.807, 2.05) is 38.1 Å². The van der Waals surface area contributed by atoms with Gasteiger partial charge >= 0.3 is 6.92 Å². The number of nitrogens with two attached hydrogens (primary N) is 1. The third-order valence-electron chi connectivity index (χ3n) is 4.64. The second kappa shape index (κ2) is 9.98. The molecule has 1 aromatic rings. The van der Waals surface area contributed by atoms with E-state index >= 15 is 0 Å². The van der Waals surface area contributed by atoms with Gasteiger partial charge in [0.15, 0.2) is 0 Å². The van der Waals surface area contributed by atoms with Gasteiger partial charge in [-0.05, 0) is 44.5 Å². The van der Waals surface area contributed by atoms with Crippen LogP contribution in [0, 0.1) is 11.8 Å². The van der Waals surface area contributed by atoms with Crippen LogP contribution in [0.1, 0.15) is 45.6 Å². The molecular weight excluding hydrogens is 329 g/mol. The fourth-order valence-electron chi connectivity index (χ4n) is 3.12. The Morgan fingerprint density at radius 3 is 2.73 bits per heavy atom. The van der Waals surface area contributed by atoms with E-state index in [-0.39, 0.29) is 19.5 Å². The van der Waals surface area contributed by atoms with Crippen molar-refractivity contribution in [2.75, 3.05) is 19.9 Å². The van der Waals surface area contributed by atoms with Crippen LogP contribution in [0.3, 0.4) is 0 Å². The Hall–Kier alpha value is -1.52. The van der Waals surface area contributed by atoms with Gasteiger partial charge in [0, 0.05) is 18.0 Å². The van der Waals surface area contributed by atoms with E-state index in [1.165, 1.54) is 12.8 Å². The summed E-state index contributed by atoms with van der Waals surface area (Å²) in [6, 6.07) is 7.62. The molecule has 3 N–H and O–H groups in total. The molecule has 2 rings (SSSR count). The van der Waals surface area contributed by atoms with E-state index in [9.17, 15) is 5.11 Å². The Morgan fingerprint density at radius 1 is 1.35 bits per heavy atom. The Bertz CT molecular complexity index is 608. The molecule has 1 heterocycles. The lowest BCUT2D eigenvalue weighted by atomic mass is 9.46. The number of ether oxygens (including phenoxy) is 2. The summed E-state index contributed by atoms with van der Waals surface area (Å²) in [7, 11) is 0. The van der Waals surface area contributed by atoms with E-state index in [0.29, 0.717) is 6.61 Å². The summed E-state index contributed by atoms with van der Waals surface area (Å²) in [4.78, 5) is 0. The Labute approximate surface area is 157 Å². The number of unbranched alkanes of at least 4 members (excludes halogenated alkanes) is 2. The first-order valence-electron chi connectivity index (χ1n) is 9.36. The predicted molar refractivity (Wildman–Crippen MR) is 104 cm³/mol. The molecule has 2 atom stereocenters. The second-order valence-corrected chi connectivity index (χ2v) is 7.13. The van der Waals surface area contributed by atoms with Crippen LogP contribution in [-0.2, 0) is 9.39 Å². The maximum atomic E-state index is 10.5. The van der Waals surface area contributed by atoms with E-state index in [4.69, 9.17) is 19.9 Å². The van der Waals surface area contributed by atoms with Crippen molar-refractivity contribution in [2.45, 2.75) is 57.5 Å². The van der Waals surface area contributed by atoms with Gasteiger partial charge in [0.2, 0.25) is 0 Å². The van der Waals surface area contributed by atoms with E-state index < -0.39 is 11.6 Å². The van der Waals surface area contributed by atoms with Crippen LogP contribution in [0.5, 0.6) is 5.75 Å². The molecular formula is C20H30BNO4. The Kier molecular flexibility index (Phi) is 7.98. The SMILES string of the molecule is CCCCCOc1ccc(C#C[C@H](O)[C@H]2COC(C)(C)B2OCN)cc1. The van der Waals surface area contributed by atoms with Crippen LogP contribution in [0.2, 0.25) is 5.82 Å². The first kappa shape index (κ1) is 20.8. The molecule has 0 aliphatic carbocycles. The van der Waals surface area contributed by atoms with Gasteiger partial charge in [-0.15, -0.1) is 0 Å². The largest absolute Gasteiger partial charge is 0.494 e. The zero-order valence-electron chi connectivity index (χ0n) is 16.0. The van der Waals surface area contributed by atoms with Crippen LogP contribution in [-0.4, -0.2) is 43.6 Å². The molecule has 142 valence electrons. The first-order valence-corrected chi connectivity index (χ1v) is 9.36. The van der Waals surface area contributed by atoms with Crippen molar-refractivity contribution in [3.63, 3.8) is 0 Å². The minimum atomic E-state index is -0.835. The highest BCUT2D eigenvalue weighted by molar-refractivity contribution is 6.58. The average Bonchev–Trinajstić information content (AvgIpc) is 2.93. The van der Waals surface area contributed by atoms with E-state index in [0.717, 1.165) is 24.3 Å². The van der Waals surface area contributed by atoms with Gasteiger partial charge in [-0.3, -0.25) is 0 Å². The molecule has 26 heavy (non-hydrogen) atoms. The molecule has 6 heteroatoms.